The molecule has 2 aliphatic carbocycles. The van der Waals surface area contributed by atoms with E-state index in [1.807, 2.05) is 0 Å². The van der Waals surface area contributed by atoms with Gasteiger partial charge in [0.15, 0.2) is 6.29 Å². The fourth-order valence-corrected chi connectivity index (χ4v) is 3.23. The third kappa shape index (κ3) is 2.11. The van der Waals surface area contributed by atoms with Crippen LogP contribution in [0.3, 0.4) is 0 Å². The summed E-state index contributed by atoms with van der Waals surface area (Å²) >= 11 is 0. The Morgan fingerprint density at radius 3 is 1.78 bits per heavy atom. The Labute approximate surface area is 110 Å². The van der Waals surface area contributed by atoms with Crippen LogP contribution < -0.4 is 0 Å². The first-order valence-electron chi connectivity index (χ1n) is 7.30. The fourth-order valence-electron chi connectivity index (χ4n) is 3.23. The quantitative estimate of drug-likeness (QED) is 0.693. The summed E-state index contributed by atoms with van der Waals surface area (Å²) in [5.41, 5.74) is 3.58. The highest BCUT2D eigenvalue weighted by Crippen LogP contribution is 2.46. The normalized spacial score (nSPS) is 22.6. The molecule has 0 aromatic heterocycles. The predicted molar refractivity (Wildman–Crippen MR) is 74.1 cm³/mol. The summed E-state index contributed by atoms with van der Waals surface area (Å²) in [6, 6.07) is 6.47. The summed E-state index contributed by atoms with van der Waals surface area (Å²) in [4.78, 5) is 11.5. The van der Waals surface area contributed by atoms with Gasteiger partial charge in [0.2, 0.25) is 0 Å². The lowest BCUT2D eigenvalue weighted by Crippen LogP contribution is -2.07. The first-order chi connectivity index (χ1) is 8.72. The van der Waals surface area contributed by atoms with E-state index in [-0.39, 0.29) is 0 Å². The number of aldehydes is 1. The van der Waals surface area contributed by atoms with Gasteiger partial charge in [0.1, 0.15) is 0 Å². The Hall–Kier alpha value is -1.11. The average Bonchev–Trinajstić information content (AvgIpc) is 3.27. The van der Waals surface area contributed by atoms with Crippen LogP contribution in [0.5, 0.6) is 0 Å². The topological polar surface area (TPSA) is 17.1 Å². The Bertz CT molecular complexity index is 418. The average molecular weight is 242 g/mol. The number of carbonyl (C=O) groups excluding carboxylic acids is 1. The van der Waals surface area contributed by atoms with Crippen LogP contribution in [0.2, 0.25) is 0 Å². The SMILES string of the molecule is C[C@@H](c1cccc([C@H](C)C2CC2)c1C=O)C1CC1. The van der Waals surface area contributed by atoms with Crippen LogP contribution in [0.25, 0.3) is 0 Å². The van der Waals surface area contributed by atoms with Crippen molar-refractivity contribution in [2.45, 2.75) is 51.4 Å². The fraction of sp³-hybridized carbons (Fsp3) is 0.588. The largest absolute Gasteiger partial charge is 0.298 e. The zero-order valence-electron chi connectivity index (χ0n) is 11.4. The smallest absolute Gasteiger partial charge is 0.150 e. The minimum Gasteiger partial charge on any atom is -0.298 e. The standard InChI is InChI=1S/C17H22O/c1-11(13-6-7-13)15-4-3-5-16(17(15)10-18)12(2)14-8-9-14/h3-5,10-14H,6-9H2,1-2H3/t11-,12-/m1/s1. The van der Waals surface area contributed by atoms with Gasteiger partial charge in [-0.3, -0.25) is 4.79 Å². The monoisotopic (exact) mass is 242 g/mol. The highest BCUT2D eigenvalue weighted by Gasteiger charge is 2.33. The van der Waals surface area contributed by atoms with Gasteiger partial charge in [-0.15, -0.1) is 0 Å². The molecule has 1 nitrogen and oxygen atoms in total. The van der Waals surface area contributed by atoms with E-state index >= 15 is 0 Å². The number of benzene rings is 1. The molecule has 96 valence electrons. The van der Waals surface area contributed by atoms with E-state index in [1.165, 1.54) is 36.8 Å². The molecule has 0 heterocycles. The van der Waals surface area contributed by atoms with E-state index in [9.17, 15) is 4.79 Å². The van der Waals surface area contributed by atoms with Crippen LogP contribution in [0, 0.1) is 11.8 Å². The molecular formula is C17H22O. The molecule has 0 N–H and O–H groups in total. The number of hydrogen-bond acceptors (Lipinski definition) is 1. The maximum Gasteiger partial charge on any atom is 0.150 e. The highest BCUT2D eigenvalue weighted by atomic mass is 16.1. The van der Waals surface area contributed by atoms with Crippen LogP contribution >= 0.6 is 0 Å². The van der Waals surface area contributed by atoms with Gasteiger partial charge in [-0.1, -0.05) is 32.0 Å². The van der Waals surface area contributed by atoms with Crippen LogP contribution in [0.15, 0.2) is 18.2 Å². The van der Waals surface area contributed by atoms with Crippen LogP contribution in [-0.2, 0) is 0 Å². The molecule has 1 aromatic rings. The molecule has 0 amide bonds. The first kappa shape index (κ1) is 12.0. The second kappa shape index (κ2) is 4.53. The molecule has 1 heteroatoms. The lowest BCUT2D eigenvalue weighted by molar-refractivity contribution is 0.112. The lowest BCUT2D eigenvalue weighted by Gasteiger charge is -2.19. The number of rotatable bonds is 5. The minimum absolute atomic E-state index is 0.552. The highest BCUT2D eigenvalue weighted by molar-refractivity contribution is 5.80. The van der Waals surface area contributed by atoms with Gasteiger partial charge in [0.25, 0.3) is 0 Å². The minimum atomic E-state index is 0.552. The molecule has 0 bridgehead atoms. The van der Waals surface area contributed by atoms with Crippen molar-refractivity contribution in [1.29, 1.82) is 0 Å². The summed E-state index contributed by atoms with van der Waals surface area (Å²) in [5, 5.41) is 0. The second-order valence-corrected chi connectivity index (χ2v) is 6.22. The molecule has 3 rings (SSSR count). The maximum atomic E-state index is 11.5. The van der Waals surface area contributed by atoms with Crippen LogP contribution in [-0.4, -0.2) is 6.29 Å². The molecule has 0 spiro atoms. The van der Waals surface area contributed by atoms with Crippen LogP contribution in [0.1, 0.15) is 72.9 Å². The molecule has 18 heavy (non-hydrogen) atoms. The molecule has 2 saturated carbocycles. The molecule has 1 aromatic carbocycles. The summed E-state index contributed by atoms with van der Waals surface area (Å²) in [6.07, 6.45) is 6.44. The van der Waals surface area contributed by atoms with E-state index < -0.39 is 0 Å². The molecule has 2 atom stereocenters. The van der Waals surface area contributed by atoms with Crippen molar-refractivity contribution in [3.63, 3.8) is 0 Å². The van der Waals surface area contributed by atoms with Crippen molar-refractivity contribution in [3.8, 4) is 0 Å². The third-order valence-electron chi connectivity index (χ3n) is 4.93. The van der Waals surface area contributed by atoms with E-state index in [2.05, 4.69) is 32.0 Å². The zero-order chi connectivity index (χ0) is 12.7. The molecule has 0 radical (unpaired) electrons. The van der Waals surface area contributed by atoms with Gasteiger partial charge >= 0.3 is 0 Å². The second-order valence-electron chi connectivity index (χ2n) is 6.22. The Kier molecular flexibility index (Phi) is 3.01. The van der Waals surface area contributed by atoms with E-state index in [4.69, 9.17) is 0 Å². The predicted octanol–water partition coefficient (Wildman–Crippen LogP) is 4.53. The third-order valence-corrected chi connectivity index (χ3v) is 4.93. The summed E-state index contributed by atoms with van der Waals surface area (Å²) in [6.45, 7) is 4.57. The summed E-state index contributed by atoms with van der Waals surface area (Å²) in [7, 11) is 0. The van der Waals surface area contributed by atoms with Crippen molar-refractivity contribution in [1.82, 2.24) is 0 Å². The lowest BCUT2D eigenvalue weighted by atomic mass is 9.84. The molecular weight excluding hydrogens is 220 g/mol. The van der Waals surface area contributed by atoms with Gasteiger partial charge < -0.3 is 0 Å². The van der Waals surface area contributed by atoms with E-state index in [1.54, 1.807) is 0 Å². The molecule has 0 unspecified atom stereocenters. The maximum absolute atomic E-state index is 11.5. The van der Waals surface area contributed by atoms with Crippen LogP contribution in [0.4, 0.5) is 0 Å². The molecule has 0 saturated heterocycles. The molecule has 2 aliphatic rings. The van der Waals surface area contributed by atoms with Gasteiger partial charge in [-0.2, -0.15) is 0 Å². The van der Waals surface area contributed by atoms with Crippen molar-refractivity contribution < 1.29 is 4.79 Å². The van der Waals surface area contributed by atoms with Crippen molar-refractivity contribution >= 4 is 6.29 Å². The van der Waals surface area contributed by atoms with Gasteiger partial charge in [-0.05, 0) is 60.5 Å². The zero-order valence-corrected chi connectivity index (χ0v) is 11.4. The molecule has 2 fully saturated rings. The van der Waals surface area contributed by atoms with E-state index in [0.717, 1.165) is 23.7 Å². The molecule has 0 aliphatic heterocycles. The Balaban J connectivity index is 1.97. The number of hydrogen-bond donors (Lipinski definition) is 0. The Morgan fingerprint density at radius 1 is 1.00 bits per heavy atom. The Morgan fingerprint density at radius 2 is 1.44 bits per heavy atom. The summed E-state index contributed by atoms with van der Waals surface area (Å²) < 4.78 is 0. The van der Waals surface area contributed by atoms with E-state index in [0.29, 0.717) is 11.8 Å². The summed E-state index contributed by atoms with van der Waals surface area (Å²) in [5.74, 6) is 2.73. The first-order valence-corrected chi connectivity index (χ1v) is 7.30. The van der Waals surface area contributed by atoms with Crippen molar-refractivity contribution in [2.75, 3.05) is 0 Å². The van der Waals surface area contributed by atoms with Gasteiger partial charge in [-0.25, -0.2) is 0 Å². The van der Waals surface area contributed by atoms with Crippen molar-refractivity contribution in [3.05, 3.63) is 34.9 Å². The number of carbonyl (C=O) groups is 1. The van der Waals surface area contributed by atoms with Gasteiger partial charge in [0.05, 0.1) is 0 Å². The van der Waals surface area contributed by atoms with Gasteiger partial charge in [0, 0.05) is 5.56 Å². The van der Waals surface area contributed by atoms with Crippen molar-refractivity contribution in [2.24, 2.45) is 11.8 Å².